The molecule has 2 aliphatic rings. The van der Waals surface area contributed by atoms with E-state index in [0.717, 1.165) is 13.0 Å². The van der Waals surface area contributed by atoms with Crippen LogP contribution in [-0.4, -0.2) is 42.2 Å². The van der Waals surface area contributed by atoms with Crippen molar-refractivity contribution in [2.45, 2.75) is 44.4 Å². The van der Waals surface area contributed by atoms with Gasteiger partial charge in [0.05, 0.1) is 0 Å². The number of alkyl halides is 2. The molecule has 0 spiro atoms. The molecular formula is C9H15F2NO. The van der Waals surface area contributed by atoms with E-state index in [1.54, 1.807) is 0 Å². The van der Waals surface area contributed by atoms with Crippen LogP contribution >= 0.6 is 0 Å². The van der Waals surface area contributed by atoms with Crippen LogP contribution in [0.5, 0.6) is 0 Å². The lowest BCUT2D eigenvalue weighted by atomic mass is 10.3. The van der Waals surface area contributed by atoms with E-state index in [-0.39, 0.29) is 6.04 Å². The molecule has 2 unspecified atom stereocenters. The van der Waals surface area contributed by atoms with Gasteiger partial charge in [0.1, 0.15) is 12.1 Å². The normalized spacial score (nSPS) is 38.5. The van der Waals surface area contributed by atoms with Crippen LogP contribution in [0, 0.1) is 0 Å². The molecule has 1 aliphatic heterocycles. The molecule has 0 aromatic rings. The third kappa shape index (κ3) is 1.36. The fourth-order valence-electron chi connectivity index (χ4n) is 2.06. The van der Waals surface area contributed by atoms with Crippen molar-refractivity contribution in [1.82, 2.24) is 4.90 Å². The lowest BCUT2D eigenvalue weighted by molar-refractivity contribution is 0.00125. The predicted octanol–water partition coefficient (Wildman–Crippen LogP) is 1.50. The van der Waals surface area contributed by atoms with E-state index in [4.69, 9.17) is 4.74 Å². The molecule has 0 N–H and O–H groups in total. The quantitative estimate of drug-likeness (QED) is 0.622. The van der Waals surface area contributed by atoms with Crippen LogP contribution < -0.4 is 0 Å². The summed E-state index contributed by atoms with van der Waals surface area (Å²) in [6.07, 6.45) is 0.0266. The number of fused-ring (bicyclic) bond motifs is 1. The van der Waals surface area contributed by atoms with E-state index in [9.17, 15) is 8.78 Å². The van der Waals surface area contributed by atoms with E-state index in [0.29, 0.717) is 6.61 Å². The van der Waals surface area contributed by atoms with Crippen molar-refractivity contribution in [1.29, 1.82) is 0 Å². The van der Waals surface area contributed by atoms with Crippen LogP contribution in [0.25, 0.3) is 0 Å². The second-order valence-electron chi connectivity index (χ2n) is 4.10. The number of rotatable bonds is 1. The maximum Gasteiger partial charge on any atom is 0.293 e. The topological polar surface area (TPSA) is 12.5 Å². The number of nitrogens with zero attached hydrogens (tertiary/aromatic N) is 1. The summed E-state index contributed by atoms with van der Waals surface area (Å²) in [5.41, 5.74) is 0. The second kappa shape index (κ2) is 2.89. The smallest absolute Gasteiger partial charge is 0.293 e. The second-order valence-corrected chi connectivity index (χ2v) is 4.10. The van der Waals surface area contributed by atoms with Gasteiger partial charge < -0.3 is 4.74 Å². The molecule has 0 bridgehead atoms. The van der Waals surface area contributed by atoms with Gasteiger partial charge in [0, 0.05) is 19.2 Å². The molecular weight excluding hydrogens is 176 g/mol. The lowest BCUT2D eigenvalue weighted by Gasteiger charge is -2.24. The maximum atomic E-state index is 13.1. The molecule has 2 fully saturated rings. The highest BCUT2D eigenvalue weighted by atomic mass is 19.3. The third-order valence-electron chi connectivity index (χ3n) is 2.83. The van der Waals surface area contributed by atoms with E-state index < -0.39 is 18.1 Å². The van der Waals surface area contributed by atoms with Crippen LogP contribution in [-0.2, 0) is 4.74 Å². The van der Waals surface area contributed by atoms with E-state index in [2.05, 4.69) is 0 Å². The molecule has 76 valence electrons. The SMILES string of the molecule is CC(C)N1CCCOC2C1C2(F)F. The molecule has 2 nitrogen and oxygen atoms in total. The minimum atomic E-state index is -2.61. The molecule has 0 amide bonds. The van der Waals surface area contributed by atoms with E-state index in [1.807, 2.05) is 18.7 Å². The van der Waals surface area contributed by atoms with Gasteiger partial charge in [-0.15, -0.1) is 0 Å². The van der Waals surface area contributed by atoms with Gasteiger partial charge in [0.2, 0.25) is 0 Å². The molecule has 2 rings (SSSR count). The van der Waals surface area contributed by atoms with Crippen molar-refractivity contribution < 1.29 is 13.5 Å². The summed E-state index contributed by atoms with van der Waals surface area (Å²) in [7, 11) is 0. The van der Waals surface area contributed by atoms with Gasteiger partial charge >= 0.3 is 0 Å². The molecule has 0 aromatic carbocycles. The minimum absolute atomic E-state index is 0.183. The fourth-order valence-corrected chi connectivity index (χ4v) is 2.06. The molecule has 1 aliphatic carbocycles. The summed E-state index contributed by atoms with van der Waals surface area (Å²) in [4.78, 5) is 1.86. The van der Waals surface area contributed by atoms with Crippen LogP contribution in [0.3, 0.4) is 0 Å². The van der Waals surface area contributed by atoms with Crippen molar-refractivity contribution in [3.05, 3.63) is 0 Å². The van der Waals surface area contributed by atoms with Gasteiger partial charge in [0.15, 0.2) is 0 Å². The highest BCUT2D eigenvalue weighted by Crippen LogP contribution is 2.50. The summed E-state index contributed by atoms with van der Waals surface area (Å²) < 4.78 is 31.3. The number of hydrogen-bond donors (Lipinski definition) is 0. The van der Waals surface area contributed by atoms with Crippen LogP contribution in [0.2, 0.25) is 0 Å². The Labute approximate surface area is 76.9 Å². The maximum absolute atomic E-state index is 13.1. The van der Waals surface area contributed by atoms with Crippen LogP contribution in [0.1, 0.15) is 20.3 Å². The molecule has 1 heterocycles. The minimum Gasteiger partial charge on any atom is -0.370 e. The Hall–Kier alpha value is -0.220. The van der Waals surface area contributed by atoms with Crippen LogP contribution in [0.4, 0.5) is 8.78 Å². The molecule has 13 heavy (non-hydrogen) atoms. The summed E-state index contributed by atoms with van der Waals surface area (Å²) >= 11 is 0. The molecule has 4 heteroatoms. The Balaban J connectivity index is 2.11. The van der Waals surface area contributed by atoms with Gasteiger partial charge in [-0.25, -0.2) is 8.78 Å². The Kier molecular flexibility index (Phi) is 2.07. The fraction of sp³-hybridized carbons (Fsp3) is 1.00. The Morgan fingerprint density at radius 3 is 2.77 bits per heavy atom. The van der Waals surface area contributed by atoms with Gasteiger partial charge in [-0.1, -0.05) is 0 Å². The zero-order valence-electron chi connectivity index (χ0n) is 7.96. The predicted molar refractivity (Wildman–Crippen MR) is 44.9 cm³/mol. The summed E-state index contributed by atoms with van der Waals surface area (Å²) in [6, 6.07) is -0.474. The average molecular weight is 191 g/mol. The Bertz CT molecular complexity index is 208. The van der Waals surface area contributed by atoms with E-state index in [1.165, 1.54) is 0 Å². The molecule has 0 aromatic heterocycles. The number of halogens is 2. The number of hydrogen-bond acceptors (Lipinski definition) is 2. The van der Waals surface area contributed by atoms with Crippen molar-refractivity contribution in [3.63, 3.8) is 0 Å². The standard InChI is InChI=1S/C9H15F2NO/c1-6(2)12-4-3-5-13-8-7(12)9(8,10)11/h6-8H,3-5H2,1-2H3. The molecule has 1 saturated heterocycles. The van der Waals surface area contributed by atoms with Gasteiger partial charge in [-0.05, 0) is 20.3 Å². The van der Waals surface area contributed by atoms with Crippen molar-refractivity contribution >= 4 is 0 Å². The third-order valence-corrected chi connectivity index (χ3v) is 2.83. The van der Waals surface area contributed by atoms with Crippen LogP contribution in [0.15, 0.2) is 0 Å². The van der Waals surface area contributed by atoms with Crippen molar-refractivity contribution in [2.75, 3.05) is 13.2 Å². The number of ether oxygens (including phenoxy) is 1. The summed E-state index contributed by atoms with van der Waals surface area (Å²) in [5, 5.41) is 0. The van der Waals surface area contributed by atoms with Gasteiger partial charge in [-0.2, -0.15) is 0 Å². The zero-order valence-corrected chi connectivity index (χ0v) is 7.96. The monoisotopic (exact) mass is 191 g/mol. The summed E-state index contributed by atoms with van der Waals surface area (Å²) in [6.45, 7) is 5.11. The first kappa shape index (κ1) is 9.34. The van der Waals surface area contributed by atoms with Crippen molar-refractivity contribution in [3.8, 4) is 0 Å². The highest BCUT2D eigenvalue weighted by Gasteiger charge is 2.72. The zero-order chi connectivity index (χ0) is 9.64. The largest absolute Gasteiger partial charge is 0.370 e. The Morgan fingerprint density at radius 1 is 1.46 bits per heavy atom. The highest BCUT2D eigenvalue weighted by molar-refractivity contribution is 5.16. The average Bonchev–Trinajstić information content (AvgIpc) is 2.63. The first-order chi connectivity index (χ1) is 6.05. The van der Waals surface area contributed by atoms with Crippen molar-refractivity contribution in [2.24, 2.45) is 0 Å². The first-order valence-electron chi connectivity index (χ1n) is 4.80. The lowest BCUT2D eigenvalue weighted by Crippen LogP contribution is -2.36. The first-order valence-corrected chi connectivity index (χ1v) is 4.80. The van der Waals surface area contributed by atoms with E-state index >= 15 is 0 Å². The molecule has 2 atom stereocenters. The van der Waals surface area contributed by atoms with Gasteiger partial charge in [-0.3, -0.25) is 4.90 Å². The molecule has 0 radical (unpaired) electrons. The Morgan fingerprint density at radius 2 is 2.15 bits per heavy atom. The van der Waals surface area contributed by atoms with Gasteiger partial charge in [0.25, 0.3) is 5.92 Å². The summed E-state index contributed by atoms with van der Waals surface area (Å²) in [5.74, 6) is -2.61. The molecule has 1 saturated carbocycles.